The number of hydrogen-bond donors (Lipinski definition) is 1. The first-order valence-corrected chi connectivity index (χ1v) is 4.88. The van der Waals surface area contributed by atoms with Crippen LogP contribution in [0.1, 0.15) is 10.5 Å². The lowest BCUT2D eigenvalue weighted by Gasteiger charge is -2.07. The van der Waals surface area contributed by atoms with Crippen molar-refractivity contribution < 1.29 is 14.3 Å². The molecule has 2 aromatic rings. The third kappa shape index (κ3) is 2.10. The van der Waals surface area contributed by atoms with Gasteiger partial charge in [0.25, 0.3) is 0 Å². The summed E-state index contributed by atoms with van der Waals surface area (Å²) in [7, 11) is 2.85. The van der Waals surface area contributed by atoms with Crippen molar-refractivity contribution in [2.24, 2.45) is 0 Å². The molecule has 1 N–H and O–H groups in total. The minimum atomic E-state index is -0.492. The third-order valence-corrected chi connectivity index (χ3v) is 2.23. The molecule has 0 atom stereocenters. The van der Waals surface area contributed by atoms with Crippen molar-refractivity contribution in [1.82, 2.24) is 15.0 Å². The molecule has 0 fully saturated rings. The van der Waals surface area contributed by atoms with Crippen LogP contribution in [0.25, 0.3) is 11.4 Å². The Bertz CT molecular complexity index is 523. The number of hydrogen-bond acceptors (Lipinski definition) is 5. The quantitative estimate of drug-likeness (QED) is 0.808. The van der Waals surface area contributed by atoms with Gasteiger partial charge in [-0.25, -0.2) is 14.8 Å². The van der Waals surface area contributed by atoms with Gasteiger partial charge in [0.15, 0.2) is 0 Å². The average molecular weight is 233 g/mol. The molecule has 6 nitrogen and oxygen atoms in total. The molecule has 0 aliphatic carbocycles. The third-order valence-electron chi connectivity index (χ3n) is 2.23. The van der Waals surface area contributed by atoms with Gasteiger partial charge in [0.05, 0.1) is 32.4 Å². The van der Waals surface area contributed by atoms with Crippen LogP contribution in [-0.4, -0.2) is 35.1 Å². The zero-order valence-electron chi connectivity index (χ0n) is 9.43. The molecule has 0 aliphatic rings. The van der Waals surface area contributed by atoms with Crippen molar-refractivity contribution in [3.63, 3.8) is 0 Å². The molecule has 17 heavy (non-hydrogen) atoms. The van der Waals surface area contributed by atoms with Crippen molar-refractivity contribution in [2.75, 3.05) is 14.2 Å². The van der Waals surface area contributed by atoms with Crippen LogP contribution in [0, 0.1) is 0 Å². The summed E-state index contributed by atoms with van der Waals surface area (Å²) in [5.41, 5.74) is 1.42. The fourth-order valence-electron chi connectivity index (χ4n) is 1.41. The molecule has 2 rings (SSSR count). The van der Waals surface area contributed by atoms with E-state index in [4.69, 9.17) is 4.74 Å². The van der Waals surface area contributed by atoms with E-state index in [1.807, 2.05) is 0 Å². The van der Waals surface area contributed by atoms with Crippen LogP contribution in [-0.2, 0) is 4.74 Å². The predicted octanol–water partition coefficient (Wildman–Crippen LogP) is 1.27. The monoisotopic (exact) mass is 233 g/mol. The summed E-state index contributed by atoms with van der Waals surface area (Å²) >= 11 is 0. The summed E-state index contributed by atoms with van der Waals surface area (Å²) in [6.45, 7) is 0. The van der Waals surface area contributed by atoms with E-state index in [2.05, 4.69) is 19.7 Å². The number of carbonyl (C=O) groups excluding carboxylic acids is 1. The second kappa shape index (κ2) is 4.65. The SMILES string of the molecule is COC(=O)c1ccc(OC)c(-c2cnc[nH]2)n1. The van der Waals surface area contributed by atoms with Crippen molar-refractivity contribution >= 4 is 5.97 Å². The fourth-order valence-corrected chi connectivity index (χ4v) is 1.41. The number of aromatic amines is 1. The van der Waals surface area contributed by atoms with E-state index in [-0.39, 0.29) is 5.69 Å². The number of esters is 1. The summed E-state index contributed by atoms with van der Waals surface area (Å²) in [5, 5.41) is 0. The second-order valence-corrected chi connectivity index (χ2v) is 3.20. The van der Waals surface area contributed by atoms with Crippen LogP contribution in [0.3, 0.4) is 0 Å². The first-order chi connectivity index (χ1) is 8.26. The van der Waals surface area contributed by atoms with E-state index in [1.54, 1.807) is 18.3 Å². The molecule has 0 spiro atoms. The molecule has 0 saturated carbocycles. The maximum absolute atomic E-state index is 11.4. The van der Waals surface area contributed by atoms with E-state index in [0.717, 1.165) is 0 Å². The number of H-pyrrole nitrogens is 1. The van der Waals surface area contributed by atoms with E-state index in [9.17, 15) is 4.79 Å². The second-order valence-electron chi connectivity index (χ2n) is 3.20. The molecule has 0 aliphatic heterocycles. The molecule has 0 bridgehead atoms. The number of imidazole rings is 1. The lowest BCUT2D eigenvalue weighted by atomic mass is 10.2. The highest BCUT2D eigenvalue weighted by Gasteiger charge is 2.14. The topological polar surface area (TPSA) is 77.1 Å². The summed E-state index contributed by atoms with van der Waals surface area (Å²) < 4.78 is 9.79. The van der Waals surface area contributed by atoms with Crippen LogP contribution >= 0.6 is 0 Å². The molecule has 0 amide bonds. The maximum atomic E-state index is 11.4. The van der Waals surface area contributed by atoms with E-state index in [1.165, 1.54) is 20.5 Å². The molecule has 0 unspecified atom stereocenters. The highest BCUT2D eigenvalue weighted by molar-refractivity contribution is 5.88. The normalized spacial score (nSPS) is 10.0. The zero-order chi connectivity index (χ0) is 12.3. The van der Waals surface area contributed by atoms with Crippen LogP contribution < -0.4 is 4.74 Å². The number of rotatable bonds is 3. The van der Waals surface area contributed by atoms with Crippen molar-refractivity contribution in [3.05, 3.63) is 30.4 Å². The Morgan fingerprint density at radius 2 is 2.18 bits per heavy atom. The zero-order valence-corrected chi connectivity index (χ0v) is 9.43. The number of nitrogens with zero attached hydrogens (tertiary/aromatic N) is 2. The lowest BCUT2D eigenvalue weighted by Crippen LogP contribution is -2.05. The number of aromatic nitrogens is 3. The van der Waals surface area contributed by atoms with Crippen LogP contribution in [0.5, 0.6) is 5.75 Å². The largest absolute Gasteiger partial charge is 0.494 e. The van der Waals surface area contributed by atoms with Crippen molar-refractivity contribution in [1.29, 1.82) is 0 Å². The van der Waals surface area contributed by atoms with Gasteiger partial charge in [0, 0.05) is 0 Å². The Labute approximate surface area is 97.6 Å². The van der Waals surface area contributed by atoms with E-state index >= 15 is 0 Å². The standard InChI is InChI=1S/C11H11N3O3/c1-16-9-4-3-7(11(15)17-2)14-10(9)8-5-12-6-13-8/h3-6H,1-2H3,(H,12,13). The fraction of sp³-hybridized carbons (Fsp3) is 0.182. The first kappa shape index (κ1) is 11.1. The minimum absolute atomic E-state index is 0.220. The minimum Gasteiger partial charge on any atom is -0.494 e. The van der Waals surface area contributed by atoms with Gasteiger partial charge in [0.2, 0.25) is 0 Å². The van der Waals surface area contributed by atoms with Gasteiger partial charge in [-0.05, 0) is 12.1 Å². The van der Waals surface area contributed by atoms with Gasteiger partial charge in [-0.3, -0.25) is 0 Å². The molecule has 2 aromatic heterocycles. The van der Waals surface area contributed by atoms with Gasteiger partial charge in [-0.1, -0.05) is 0 Å². The number of methoxy groups -OCH3 is 2. The number of ether oxygens (including phenoxy) is 2. The summed E-state index contributed by atoms with van der Waals surface area (Å²) in [6, 6.07) is 3.21. The van der Waals surface area contributed by atoms with E-state index < -0.39 is 5.97 Å². The van der Waals surface area contributed by atoms with E-state index in [0.29, 0.717) is 17.1 Å². The highest BCUT2D eigenvalue weighted by Crippen LogP contribution is 2.26. The summed E-state index contributed by atoms with van der Waals surface area (Å²) in [6.07, 6.45) is 3.13. The van der Waals surface area contributed by atoms with Gasteiger partial charge in [-0.15, -0.1) is 0 Å². The Kier molecular flexibility index (Phi) is 3.04. The van der Waals surface area contributed by atoms with Crippen LogP contribution in [0.2, 0.25) is 0 Å². The Balaban J connectivity index is 2.51. The molecule has 0 aromatic carbocycles. The summed E-state index contributed by atoms with van der Waals surface area (Å²) in [4.78, 5) is 22.4. The molecular weight excluding hydrogens is 222 g/mol. The molecule has 6 heteroatoms. The molecule has 88 valence electrons. The van der Waals surface area contributed by atoms with Crippen LogP contribution in [0.15, 0.2) is 24.7 Å². The highest BCUT2D eigenvalue weighted by atomic mass is 16.5. The molecule has 0 radical (unpaired) electrons. The lowest BCUT2D eigenvalue weighted by molar-refractivity contribution is 0.0594. The number of carbonyl (C=O) groups is 1. The Hall–Kier alpha value is -2.37. The number of pyridine rings is 1. The van der Waals surface area contributed by atoms with Gasteiger partial charge in [0.1, 0.15) is 17.1 Å². The van der Waals surface area contributed by atoms with Crippen LogP contribution in [0.4, 0.5) is 0 Å². The predicted molar refractivity (Wildman–Crippen MR) is 59.7 cm³/mol. The smallest absolute Gasteiger partial charge is 0.356 e. The Morgan fingerprint density at radius 3 is 2.76 bits per heavy atom. The number of nitrogens with one attached hydrogen (secondary N) is 1. The van der Waals surface area contributed by atoms with Crippen molar-refractivity contribution in [2.45, 2.75) is 0 Å². The average Bonchev–Trinajstić information content (AvgIpc) is 2.90. The van der Waals surface area contributed by atoms with Gasteiger partial charge >= 0.3 is 5.97 Å². The molecule has 0 saturated heterocycles. The summed E-state index contributed by atoms with van der Waals surface area (Å²) in [5.74, 6) is 0.0651. The van der Waals surface area contributed by atoms with Gasteiger partial charge < -0.3 is 14.5 Å². The Morgan fingerprint density at radius 1 is 1.35 bits per heavy atom. The molecular formula is C11H11N3O3. The first-order valence-electron chi connectivity index (χ1n) is 4.88. The van der Waals surface area contributed by atoms with Crippen molar-refractivity contribution in [3.8, 4) is 17.1 Å². The maximum Gasteiger partial charge on any atom is 0.356 e. The van der Waals surface area contributed by atoms with Gasteiger partial charge in [-0.2, -0.15) is 0 Å². The molecule has 2 heterocycles.